The molecule has 0 aliphatic rings. The van der Waals surface area contributed by atoms with Gasteiger partial charge in [-0.1, -0.05) is 29.8 Å². The molecule has 6 heteroatoms. The fourth-order valence-corrected chi connectivity index (χ4v) is 2.05. The lowest BCUT2D eigenvalue weighted by Gasteiger charge is -2.08. The van der Waals surface area contributed by atoms with Gasteiger partial charge in [-0.2, -0.15) is 0 Å². The van der Waals surface area contributed by atoms with Crippen LogP contribution in [0.25, 0.3) is 0 Å². The molecule has 0 bridgehead atoms. The molecular formula is C14H13ClN2O3. The second kappa shape index (κ2) is 6.36. The van der Waals surface area contributed by atoms with Gasteiger partial charge in [0.1, 0.15) is 10.7 Å². The summed E-state index contributed by atoms with van der Waals surface area (Å²) in [4.78, 5) is 10.5. The first-order chi connectivity index (χ1) is 9.61. The van der Waals surface area contributed by atoms with Gasteiger partial charge in [0.05, 0.1) is 11.5 Å². The van der Waals surface area contributed by atoms with Crippen LogP contribution in [0.5, 0.6) is 0 Å². The molecule has 2 rings (SSSR count). The average molecular weight is 293 g/mol. The third-order valence-electron chi connectivity index (χ3n) is 2.71. The normalized spacial score (nSPS) is 10.3. The minimum atomic E-state index is -0.496. The van der Waals surface area contributed by atoms with E-state index in [-0.39, 0.29) is 10.7 Å². The highest BCUT2D eigenvalue weighted by Crippen LogP contribution is 2.34. The van der Waals surface area contributed by atoms with E-state index in [1.54, 1.807) is 19.2 Å². The van der Waals surface area contributed by atoms with E-state index in [0.717, 1.165) is 11.3 Å². The Balaban J connectivity index is 2.26. The van der Waals surface area contributed by atoms with Crippen LogP contribution in [0, 0.1) is 10.1 Å². The number of para-hydroxylation sites is 1. The quantitative estimate of drug-likeness (QED) is 0.664. The Morgan fingerprint density at radius 2 is 1.95 bits per heavy atom. The number of methoxy groups -OCH3 is 1. The number of benzene rings is 2. The zero-order chi connectivity index (χ0) is 14.5. The van der Waals surface area contributed by atoms with Gasteiger partial charge in [-0.15, -0.1) is 0 Å². The van der Waals surface area contributed by atoms with Gasteiger partial charge in [-0.3, -0.25) is 10.1 Å². The molecule has 0 saturated heterocycles. The maximum Gasteiger partial charge on any atom is 0.311 e. The summed E-state index contributed by atoms with van der Waals surface area (Å²) in [6.45, 7) is 0.525. The number of nitro groups is 1. The molecule has 2 aromatic carbocycles. The van der Waals surface area contributed by atoms with E-state index >= 15 is 0 Å². The maximum atomic E-state index is 11.0. The third kappa shape index (κ3) is 3.26. The van der Waals surface area contributed by atoms with E-state index in [1.165, 1.54) is 6.07 Å². The largest absolute Gasteiger partial charge is 0.380 e. The summed E-state index contributed by atoms with van der Waals surface area (Å²) < 4.78 is 5.03. The van der Waals surface area contributed by atoms with Crippen LogP contribution in [0.3, 0.4) is 0 Å². The summed E-state index contributed by atoms with van der Waals surface area (Å²) in [6, 6.07) is 12.2. The molecule has 0 amide bonds. The van der Waals surface area contributed by atoms with Gasteiger partial charge in [-0.05, 0) is 29.8 Å². The van der Waals surface area contributed by atoms with E-state index in [4.69, 9.17) is 16.3 Å². The SMILES string of the molecule is COCc1ccc(Nc2cccc(Cl)c2[N+](=O)[O-])cc1. The molecule has 0 aliphatic heterocycles. The molecule has 2 aromatic rings. The van der Waals surface area contributed by atoms with Crippen LogP contribution < -0.4 is 5.32 Å². The molecule has 0 unspecified atom stereocenters. The number of nitrogens with zero attached hydrogens (tertiary/aromatic N) is 1. The Hall–Kier alpha value is -2.11. The minimum absolute atomic E-state index is 0.107. The Bertz CT molecular complexity index is 614. The lowest BCUT2D eigenvalue weighted by molar-refractivity contribution is -0.383. The Labute approximate surface area is 121 Å². The summed E-state index contributed by atoms with van der Waals surface area (Å²) in [7, 11) is 1.63. The van der Waals surface area contributed by atoms with Gasteiger partial charge in [0.15, 0.2) is 0 Å². The van der Waals surface area contributed by atoms with Crippen molar-refractivity contribution < 1.29 is 9.66 Å². The van der Waals surface area contributed by atoms with Crippen molar-refractivity contribution in [3.8, 4) is 0 Å². The minimum Gasteiger partial charge on any atom is -0.380 e. The number of hydrogen-bond donors (Lipinski definition) is 1. The number of hydrogen-bond acceptors (Lipinski definition) is 4. The Morgan fingerprint density at radius 3 is 2.55 bits per heavy atom. The van der Waals surface area contributed by atoms with E-state index < -0.39 is 4.92 Å². The van der Waals surface area contributed by atoms with Gasteiger partial charge < -0.3 is 10.1 Å². The van der Waals surface area contributed by atoms with Crippen molar-refractivity contribution in [2.45, 2.75) is 6.61 Å². The average Bonchev–Trinajstić information content (AvgIpc) is 2.41. The molecule has 0 aromatic heterocycles. The van der Waals surface area contributed by atoms with Crippen LogP contribution >= 0.6 is 11.6 Å². The maximum absolute atomic E-state index is 11.0. The summed E-state index contributed by atoms with van der Waals surface area (Å²) in [5.74, 6) is 0. The first kappa shape index (κ1) is 14.3. The lowest BCUT2D eigenvalue weighted by atomic mass is 10.2. The van der Waals surface area contributed by atoms with E-state index in [0.29, 0.717) is 12.3 Å². The van der Waals surface area contributed by atoms with Crippen molar-refractivity contribution >= 4 is 28.7 Å². The number of halogens is 1. The first-order valence-corrected chi connectivity index (χ1v) is 6.27. The monoisotopic (exact) mass is 292 g/mol. The molecule has 0 spiro atoms. The van der Waals surface area contributed by atoms with Crippen LogP contribution in [0.15, 0.2) is 42.5 Å². The van der Waals surface area contributed by atoms with Gasteiger partial charge in [-0.25, -0.2) is 0 Å². The van der Waals surface area contributed by atoms with Crippen molar-refractivity contribution in [1.29, 1.82) is 0 Å². The van der Waals surface area contributed by atoms with Crippen LogP contribution in [0.1, 0.15) is 5.56 Å². The zero-order valence-electron chi connectivity index (χ0n) is 10.8. The zero-order valence-corrected chi connectivity index (χ0v) is 11.6. The molecule has 0 atom stereocenters. The second-order valence-electron chi connectivity index (χ2n) is 4.15. The van der Waals surface area contributed by atoms with Gasteiger partial charge in [0.25, 0.3) is 0 Å². The fraction of sp³-hybridized carbons (Fsp3) is 0.143. The van der Waals surface area contributed by atoms with Crippen molar-refractivity contribution in [1.82, 2.24) is 0 Å². The highest BCUT2D eigenvalue weighted by molar-refractivity contribution is 6.33. The highest BCUT2D eigenvalue weighted by atomic mass is 35.5. The Morgan fingerprint density at radius 1 is 1.25 bits per heavy atom. The molecular weight excluding hydrogens is 280 g/mol. The van der Waals surface area contributed by atoms with Crippen molar-refractivity contribution in [3.05, 3.63) is 63.2 Å². The molecule has 104 valence electrons. The van der Waals surface area contributed by atoms with E-state index in [1.807, 2.05) is 24.3 Å². The molecule has 0 radical (unpaired) electrons. The smallest absolute Gasteiger partial charge is 0.311 e. The molecule has 1 N–H and O–H groups in total. The number of rotatable bonds is 5. The highest BCUT2D eigenvalue weighted by Gasteiger charge is 2.18. The molecule has 20 heavy (non-hydrogen) atoms. The molecule has 5 nitrogen and oxygen atoms in total. The number of anilines is 2. The summed E-state index contributed by atoms with van der Waals surface area (Å²) in [5.41, 5.74) is 2.01. The van der Waals surface area contributed by atoms with Crippen LogP contribution in [0.2, 0.25) is 5.02 Å². The summed E-state index contributed by atoms with van der Waals surface area (Å²) >= 11 is 5.86. The predicted molar refractivity (Wildman–Crippen MR) is 78.5 cm³/mol. The number of nitrogens with one attached hydrogen (secondary N) is 1. The van der Waals surface area contributed by atoms with Crippen molar-refractivity contribution in [2.24, 2.45) is 0 Å². The first-order valence-electron chi connectivity index (χ1n) is 5.89. The van der Waals surface area contributed by atoms with Crippen molar-refractivity contribution in [3.63, 3.8) is 0 Å². The lowest BCUT2D eigenvalue weighted by Crippen LogP contribution is -1.98. The van der Waals surface area contributed by atoms with E-state index in [9.17, 15) is 10.1 Å². The molecule has 0 heterocycles. The second-order valence-corrected chi connectivity index (χ2v) is 4.56. The number of nitro benzene ring substituents is 1. The Kier molecular flexibility index (Phi) is 4.55. The fourth-order valence-electron chi connectivity index (χ4n) is 1.81. The molecule has 0 aliphatic carbocycles. The standard InChI is InChI=1S/C14H13ClN2O3/c1-20-9-10-5-7-11(8-6-10)16-13-4-2-3-12(15)14(13)17(18)19/h2-8,16H,9H2,1H3. The number of ether oxygens (including phenoxy) is 1. The molecule has 0 fully saturated rings. The topological polar surface area (TPSA) is 64.4 Å². The summed E-state index contributed by atoms with van der Waals surface area (Å²) in [6.07, 6.45) is 0. The van der Waals surface area contributed by atoms with Crippen LogP contribution in [0.4, 0.5) is 17.1 Å². The van der Waals surface area contributed by atoms with E-state index in [2.05, 4.69) is 5.32 Å². The summed E-state index contributed by atoms with van der Waals surface area (Å²) in [5, 5.41) is 14.1. The predicted octanol–water partition coefficient (Wildman–Crippen LogP) is 4.14. The van der Waals surface area contributed by atoms with Crippen molar-refractivity contribution in [2.75, 3.05) is 12.4 Å². The third-order valence-corrected chi connectivity index (χ3v) is 3.02. The van der Waals surface area contributed by atoms with Gasteiger partial charge in [0.2, 0.25) is 0 Å². The van der Waals surface area contributed by atoms with Gasteiger partial charge in [0, 0.05) is 12.8 Å². The molecule has 0 saturated carbocycles. The van der Waals surface area contributed by atoms with Crippen LogP contribution in [-0.4, -0.2) is 12.0 Å². The van der Waals surface area contributed by atoms with Gasteiger partial charge >= 0.3 is 5.69 Å². The van der Waals surface area contributed by atoms with Crippen LogP contribution in [-0.2, 0) is 11.3 Å².